The van der Waals surface area contributed by atoms with Gasteiger partial charge in [-0.25, -0.2) is 0 Å². The van der Waals surface area contributed by atoms with Crippen molar-refractivity contribution >= 4 is 11.8 Å². The minimum Gasteiger partial charge on any atom is -0.469 e. The van der Waals surface area contributed by atoms with Crippen molar-refractivity contribution in [1.29, 1.82) is 0 Å². The van der Waals surface area contributed by atoms with Gasteiger partial charge < -0.3 is 14.9 Å². The van der Waals surface area contributed by atoms with E-state index in [-0.39, 0.29) is 29.3 Å². The number of esters is 1. The largest absolute Gasteiger partial charge is 0.469 e. The lowest BCUT2D eigenvalue weighted by atomic mass is 9.41. The Kier molecular flexibility index (Phi) is 13.2. The topological polar surface area (TPSA) is 83.8 Å². The van der Waals surface area contributed by atoms with E-state index < -0.39 is 0 Å². The quantitative estimate of drug-likeness (QED) is 0.239. The lowest BCUT2D eigenvalue weighted by Gasteiger charge is -2.65. The Morgan fingerprint density at radius 2 is 1.19 bits per heavy atom. The number of ketones is 1. The summed E-state index contributed by atoms with van der Waals surface area (Å²) in [5.41, 5.74) is 1.38. The zero-order valence-corrected chi connectivity index (χ0v) is 39.4. The van der Waals surface area contributed by atoms with E-state index in [1.165, 1.54) is 97.0 Å². The first-order chi connectivity index (χ1) is 27.4. The summed E-state index contributed by atoms with van der Waals surface area (Å²) in [5, 5.41) is 21.3. The number of methoxy groups -OCH3 is 1. The molecule has 8 fully saturated rings. The van der Waals surface area contributed by atoms with Crippen LogP contribution < -0.4 is 0 Å². The summed E-state index contributed by atoms with van der Waals surface area (Å²) in [6, 6.07) is 0. The lowest BCUT2D eigenvalue weighted by Crippen LogP contribution is -2.61. The van der Waals surface area contributed by atoms with Crippen molar-refractivity contribution in [3.05, 3.63) is 0 Å². The first-order valence-electron chi connectivity index (χ1n) is 25.3. The zero-order valence-electron chi connectivity index (χ0n) is 39.4. The van der Waals surface area contributed by atoms with Gasteiger partial charge in [0.1, 0.15) is 5.78 Å². The first-order valence-corrected chi connectivity index (χ1v) is 25.3. The molecule has 21 atom stereocenters. The maximum Gasteiger partial charge on any atom is 0.305 e. The number of carbonyl (C=O) groups is 2. The second-order valence-corrected chi connectivity index (χ2v) is 24.2. The molecule has 58 heavy (non-hydrogen) atoms. The number of Topliss-reactive ketones (excluding diaryl/α,β-unsaturated/α-hetero) is 1. The van der Waals surface area contributed by atoms with Crippen molar-refractivity contribution in [2.45, 2.75) is 191 Å². The van der Waals surface area contributed by atoms with Gasteiger partial charge in [0, 0.05) is 24.9 Å². The zero-order chi connectivity index (χ0) is 42.1. The highest BCUT2D eigenvalue weighted by Gasteiger charge is 2.66. The van der Waals surface area contributed by atoms with Crippen LogP contribution in [0.1, 0.15) is 185 Å². The molecule has 0 bridgehead atoms. The molecule has 0 amide bonds. The van der Waals surface area contributed by atoms with Crippen LogP contribution in [0.2, 0.25) is 0 Å². The number of hydrogen-bond acceptors (Lipinski definition) is 5. The smallest absolute Gasteiger partial charge is 0.305 e. The molecule has 0 saturated heterocycles. The molecule has 2 N–H and O–H groups in total. The molecule has 5 heteroatoms. The van der Waals surface area contributed by atoms with Gasteiger partial charge in [-0.05, 0) is 194 Å². The highest BCUT2D eigenvalue weighted by atomic mass is 16.5. The van der Waals surface area contributed by atoms with E-state index in [0.29, 0.717) is 88.3 Å². The summed E-state index contributed by atoms with van der Waals surface area (Å²) < 4.78 is 4.97. The highest BCUT2D eigenvalue weighted by molar-refractivity contribution is 5.86. The second-order valence-electron chi connectivity index (χ2n) is 24.2. The Balaban J connectivity index is 0.000000177. The van der Waals surface area contributed by atoms with Gasteiger partial charge in [0.2, 0.25) is 0 Å². The number of carbonyl (C=O) groups excluding carboxylic acids is 2. The fraction of sp³-hybridized carbons (Fsp3) is 0.962. The molecule has 0 heterocycles. The van der Waals surface area contributed by atoms with Crippen molar-refractivity contribution in [2.24, 2.45) is 116 Å². The molecule has 0 radical (unpaired) electrons. The Morgan fingerprint density at radius 3 is 1.78 bits per heavy atom. The Labute approximate surface area is 356 Å². The van der Waals surface area contributed by atoms with E-state index in [2.05, 4.69) is 69.2 Å². The van der Waals surface area contributed by atoms with Crippen molar-refractivity contribution in [1.82, 2.24) is 0 Å². The minimum atomic E-state index is -0.0882. The highest BCUT2D eigenvalue weighted by Crippen LogP contribution is 2.71. The number of hydrogen-bond donors (Lipinski definition) is 2. The number of fused-ring (bicyclic) bond motifs is 10. The average Bonchev–Trinajstić information content (AvgIpc) is 3.73. The predicted molar refractivity (Wildman–Crippen MR) is 236 cm³/mol. The molecule has 0 aromatic heterocycles. The first kappa shape index (κ1) is 45.1. The van der Waals surface area contributed by atoms with Gasteiger partial charge in [-0.1, -0.05) is 88.5 Å². The van der Waals surface area contributed by atoms with Crippen molar-refractivity contribution < 1.29 is 24.5 Å². The maximum atomic E-state index is 14.0. The summed E-state index contributed by atoms with van der Waals surface area (Å²) in [7, 11) is 1.49. The lowest BCUT2D eigenvalue weighted by molar-refractivity contribution is -0.198. The van der Waals surface area contributed by atoms with E-state index in [4.69, 9.17) is 4.74 Å². The summed E-state index contributed by atoms with van der Waals surface area (Å²) in [6.07, 6.45) is 21.6. The molecule has 8 aliphatic rings. The van der Waals surface area contributed by atoms with Crippen LogP contribution in [0.3, 0.4) is 0 Å². The normalized spacial score (nSPS) is 51.7. The molecule has 8 saturated carbocycles. The fourth-order valence-electron chi connectivity index (χ4n) is 18.9. The van der Waals surface area contributed by atoms with Gasteiger partial charge in [-0.15, -0.1) is 0 Å². The van der Waals surface area contributed by atoms with Gasteiger partial charge in [0.25, 0.3) is 0 Å². The van der Waals surface area contributed by atoms with E-state index in [9.17, 15) is 19.8 Å². The van der Waals surface area contributed by atoms with Crippen LogP contribution in [0, 0.1) is 116 Å². The van der Waals surface area contributed by atoms with E-state index in [1.54, 1.807) is 0 Å². The number of aliphatic hydroxyl groups is 2. The maximum absolute atomic E-state index is 14.0. The fourth-order valence-corrected chi connectivity index (χ4v) is 18.9. The van der Waals surface area contributed by atoms with Gasteiger partial charge in [-0.3, -0.25) is 9.59 Å². The monoisotopic (exact) mass is 807 g/mol. The third-order valence-electron chi connectivity index (χ3n) is 21.9. The summed E-state index contributed by atoms with van der Waals surface area (Å²) in [6.45, 7) is 24.5. The molecule has 5 nitrogen and oxygen atoms in total. The van der Waals surface area contributed by atoms with E-state index in [1.807, 2.05) is 0 Å². The minimum absolute atomic E-state index is 0.0881. The van der Waals surface area contributed by atoms with E-state index in [0.717, 1.165) is 48.9 Å². The van der Waals surface area contributed by atoms with Crippen LogP contribution in [0.15, 0.2) is 0 Å². The summed E-state index contributed by atoms with van der Waals surface area (Å²) >= 11 is 0. The molecule has 0 aromatic rings. The molecular weight excluding hydrogens is 717 g/mol. The standard InChI is InChI=1S/C27H44O3.C26H46O2/c1-7-18-22-14-16(2)10-12-27(22,5)21-11-13-26(4)19(17(3)15-23(28)30-6)8-9-20(26)24(21)25(18)29;1-6-18-22-15-16(2)9-12-26(22,5)21-10-13-25(4)19(17(3)11-14-27)7-8-20(25)23(21)24(18)28/h16-22,24H,7-15H2,1-6H3;16-24,27-28H,6-15H2,1-5H3/t16-,17-,18-,19-,20+,21+,22+,24+,26-,27-;16-,17-,18-,19-,20+,21+,22+,23+,24-,25-,26-/m11/s1. The van der Waals surface area contributed by atoms with Gasteiger partial charge in [0.05, 0.1) is 13.2 Å². The van der Waals surface area contributed by atoms with Gasteiger partial charge in [0.15, 0.2) is 0 Å². The van der Waals surface area contributed by atoms with Crippen LogP contribution in [0.5, 0.6) is 0 Å². The SMILES string of the molecule is CC[C@H]1C(=O)[C@@H]2[C@H](CC[C@]3(C)[C@@H]([C@H](C)CC(=O)OC)CC[C@@H]23)[C@@]2(C)CC[C@@H](C)C[C@@H]12.CC[C@H]1[C@@H](O)[C@@H]2[C@H](CC[C@]3(C)[C@@H]([C@H](C)CCO)CC[C@@H]23)[C@@]2(C)CC[C@@H](C)C[C@@H]12. The van der Waals surface area contributed by atoms with E-state index >= 15 is 0 Å². The molecule has 8 aliphatic carbocycles. The Bertz CT molecular complexity index is 1460. The van der Waals surface area contributed by atoms with Gasteiger partial charge >= 0.3 is 5.97 Å². The molecule has 0 aromatic carbocycles. The molecule has 0 unspecified atom stereocenters. The predicted octanol–water partition coefficient (Wildman–Crippen LogP) is 12.2. The van der Waals surface area contributed by atoms with Crippen molar-refractivity contribution in [3.63, 3.8) is 0 Å². The van der Waals surface area contributed by atoms with Crippen molar-refractivity contribution in [3.8, 4) is 0 Å². The molecule has 332 valence electrons. The van der Waals surface area contributed by atoms with Crippen LogP contribution in [0.4, 0.5) is 0 Å². The molecule has 8 rings (SSSR count). The second kappa shape index (κ2) is 17.0. The molecule has 0 spiro atoms. The third-order valence-corrected chi connectivity index (χ3v) is 21.9. The molecule has 0 aliphatic heterocycles. The van der Waals surface area contributed by atoms with Crippen LogP contribution in [-0.4, -0.2) is 41.8 Å². The third kappa shape index (κ3) is 7.15. The number of aliphatic hydroxyl groups excluding tert-OH is 2. The summed E-state index contributed by atoms with van der Waals surface area (Å²) in [5.74, 6) is 9.75. The number of rotatable bonds is 8. The number of ether oxygens (including phenoxy) is 1. The van der Waals surface area contributed by atoms with Crippen LogP contribution in [-0.2, 0) is 14.3 Å². The Morgan fingerprint density at radius 1 is 0.690 bits per heavy atom. The Hall–Kier alpha value is -0.940. The van der Waals surface area contributed by atoms with Crippen LogP contribution in [0.25, 0.3) is 0 Å². The average molecular weight is 807 g/mol. The summed E-state index contributed by atoms with van der Waals surface area (Å²) in [4.78, 5) is 26.0. The molecular formula is C53H90O5. The van der Waals surface area contributed by atoms with Crippen molar-refractivity contribution in [2.75, 3.05) is 13.7 Å². The van der Waals surface area contributed by atoms with Crippen LogP contribution >= 0.6 is 0 Å². The van der Waals surface area contributed by atoms with Gasteiger partial charge in [-0.2, -0.15) is 0 Å².